The number of nitrogens with one attached hydrogen (secondary N) is 1. The molecular formula is C15H24ClN3S. The molecule has 1 N–H and O–H groups in total. The Morgan fingerprint density at radius 2 is 1.90 bits per heavy atom. The third kappa shape index (κ3) is 4.71. The first-order valence-corrected chi connectivity index (χ1v) is 8.89. The Kier molecular flexibility index (Phi) is 5.35. The maximum Gasteiger partial charge on any atom is 0.0931 e. The van der Waals surface area contributed by atoms with Crippen molar-refractivity contribution in [3.8, 4) is 0 Å². The minimum Gasteiger partial charge on any atom is -0.311 e. The maximum absolute atomic E-state index is 5.93. The molecule has 0 radical (unpaired) electrons. The Labute approximate surface area is 130 Å². The highest BCUT2D eigenvalue weighted by atomic mass is 35.5. The molecule has 2 aliphatic rings. The van der Waals surface area contributed by atoms with Gasteiger partial charge in [-0.15, -0.1) is 11.3 Å². The second-order valence-corrected chi connectivity index (χ2v) is 7.77. The maximum atomic E-state index is 5.93. The zero-order chi connectivity index (χ0) is 13.8. The molecule has 1 aliphatic heterocycles. The zero-order valence-corrected chi connectivity index (χ0v) is 13.6. The van der Waals surface area contributed by atoms with Gasteiger partial charge in [0.1, 0.15) is 0 Å². The normalized spacial score (nSPS) is 21.4. The summed E-state index contributed by atoms with van der Waals surface area (Å²) in [6.45, 7) is 9.52. The van der Waals surface area contributed by atoms with Crippen molar-refractivity contribution in [3.05, 3.63) is 21.3 Å². The Balaban J connectivity index is 1.26. The lowest BCUT2D eigenvalue weighted by Gasteiger charge is -2.34. The first kappa shape index (κ1) is 14.8. The van der Waals surface area contributed by atoms with Crippen molar-refractivity contribution in [1.29, 1.82) is 0 Å². The van der Waals surface area contributed by atoms with Crippen LogP contribution in [0.4, 0.5) is 0 Å². The molecule has 0 bridgehead atoms. The molecule has 0 unspecified atom stereocenters. The van der Waals surface area contributed by atoms with Crippen molar-refractivity contribution in [1.82, 2.24) is 15.1 Å². The summed E-state index contributed by atoms with van der Waals surface area (Å²) < 4.78 is 0.883. The minimum atomic E-state index is 0.883. The Bertz CT molecular complexity index is 411. The fourth-order valence-corrected chi connectivity index (χ4v) is 3.81. The van der Waals surface area contributed by atoms with Gasteiger partial charge in [0.15, 0.2) is 0 Å². The van der Waals surface area contributed by atoms with Crippen LogP contribution in [-0.2, 0) is 6.54 Å². The van der Waals surface area contributed by atoms with Crippen LogP contribution < -0.4 is 5.32 Å². The Morgan fingerprint density at radius 1 is 1.15 bits per heavy atom. The zero-order valence-electron chi connectivity index (χ0n) is 12.0. The largest absolute Gasteiger partial charge is 0.311 e. The summed E-state index contributed by atoms with van der Waals surface area (Å²) in [5, 5.41) is 3.51. The lowest BCUT2D eigenvalue weighted by molar-refractivity contribution is 0.129. The van der Waals surface area contributed by atoms with Gasteiger partial charge in [0.2, 0.25) is 0 Å². The molecule has 2 heterocycles. The average Bonchev–Trinajstić information content (AvgIpc) is 3.17. The van der Waals surface area contributed by atoms with Crippen LogP contribution in [0.3, 0.4) is 0 Å². The van der Waals surface area contributed by atoms with E-state index in [0.29, 0.717) is 0 Å². The first-order chi connectivity index (χ1) is 9.79. The molecule has 3 nitrogen and oxygen atoms in total. The van der Waals surface area contributed by atoms with E-state index in [-0.39, 0.29) is 0 Å². The predicted molar refractivity (Wildman–Crippen MR) is 86.6 cm³/mol. The number of thiophene rings is 1. The van der Waals surface area contributed by atoms with E-state index in [9.17, 15) is 0 Å². The minimum absolute atomic E-state index is 0.883. The van der Waals surface area contributed by atoms with Gasteiger partial charge in [0.05, 0.1) is 4.34 Å². The lowest BCUT2D eigenvalue weighted by Crippen LogP contribution is -2.48. The van der Waals surface area contributed by atoms with E-state index in [4.69, 9.17) is 11.6 Å². The number of halogens is 1. The summed E-state index contributed by atoms with van der Waals surface area (Å²) in [7, 11) is 0. The van der Waals surface area contributed by atoms with E-state index >= 15 is 0 Å². The van der Waals surface area contributed by atoms with Gasteiger partial charge in [-0.3, -0.25) is 4.90 Å². The molecule has 20 heavy (non-hydrogen) atoms. The molecular weight excluding hydrogens is 290 g/mol. The third-order valence-electron chi connectivity index (χ3n) is 4.21. The van der Waals surface area contributed by atoms with Crippen molar-refractivity contribution in [2.24, 2.45) is 5.92 Å². The van der Waals surface area contributed by atoms with Gasteiger partial charge < -0.3 is 10.2 Å². The molecule has 1 aliphatic carbocycles. The number of piperazine rings is 1. The van der Waals surface area contributed by atoms with Gasteiger partial charge in [-0.25, -0.2) is 0 Å². The lowest BCUT2D eigenvalue weighted by atomic mass is 10.3. The molecule has 1 aromatic rings. The quantitative estimate of drug-likeness (QED) is 0.780. The molecule has 1 saturated carbocycles. The van der Waals surface area contributed by atoms with E-state index in [1.54, 1.807) is 11.3 Å². The fourth-order valence-electron chi connectivity index (χ4n) is 2.76. The van der Waals surface area contributed by atoms with Crippen LogP contribution in [0.25, 0.3) is 0 Å². The van der Waals surface area contributed by atoms with Gasteiger partial charge in [-0.2, -0.15) is 0 Å². The first-order valence-electron chi connectivity index (χ1n) is 7.69. The van der Waals surface area contributed by atoms with E-state index < -0.39 is 0 Å². The van der Waals surface area contributed by atoms with Crippen molar-refractivity contribution < 1.29 is 0 Å². The van der Waals surface area contributed by atoms with Gasteiger partial charge >= 0.3 is 0 Å². The fraction of sp³-hybridized carbons (Fsp3) is 0.733. The van der Waals surface area contributed by atoms with Crippen molar-refractivity contribution in [2.45, 2.75) is 19.4 Å². The van der Waals surface area contributed by atoms with Crippen LogP contribution in [-0.4, -0.2) is 55.6 Å². The van der Waals surface area contributed by atoms with Gasteiger partial charge in [-0.1, -0.05) is 11.6 Å². The van der Waals surface area contributed by atoms with Crippen LogP contribution in [0.2, 0.25) is 4.34 Å². The third-order valence-corrected chi connectivity index (χ3v) is 5.44. The number of hydrogen-bond donors (Lipinski definition) is 1. The Morgan fingerprint density at radius 3 is 2.55 bits per heavy atom. The monoisotopic (exact) mass is 313 g/mol. The summed E-state index contributed by atoms with van der Waals surface area (Å²) in [6, 6.07) is 4.08. The molecule has 0 amide bonds. The second-order valence-electron chi connectivity index (χ2n) is 5.97. The summed E-state index contributed by atoms with van der Waals surface area (Å²) in [6.07, 6.45) is 2.94. The van der Waals surface area contributed by atoms with E-state index in [1.807, 2.05) is 6.07 Å². The van der Waals surface area contributed by atoms with Crippen molar-refractivity contribution >= 4 is 22.9 Å². The van der Waals surface area contributed by atoms with Gasteiger partial charge in [0, 0.05) is 57.2 Å². The van der Waals surface area contributed by atoms with Gasteiger partial charge in [0.25, 0.3) is 0 Å². The number of hydrogen-bond acceptors (Lipinski definition) is 4. The molecule has 1 aromatic heterocycles. The van der Waals surface area contributed by atoms with Crippen LogP contribution in [0.5, 0.6) is 0 Å². The second kappa shape index (κ2) is 7.23. The van der Waals surface area contributed by atoms with E-state index in [0.717, 1.165) is 29.9 Å². The molecule has 1 saturated heterocycles. The summed E-state index contributed by atoms with van der Waals surface area (Å²) in [5.41, 5.74) is 0. The average molecular weight is 314 g/mol. The summed E-state index contributed by atoms with van der Waals surface area (Å²) in [4.78, 5) is 6.55. The van der Waals surface area contributed by atoms with E-state index in [2.05, 4.69) is 21.2 Å². The summed E-state index contributed by atoms with van der Waals surface area (Å²) >= 11 is 7.60. The van der Waals surface area contributed by atoms with E-state index in [1.165, 1.54) is 50.4 Å². The molecule has 112 valence electrons. The van der Waals surface area contributed by atoms with Crippen LogP contribution in [0.15, 0.2) is 12.1 Å². The molecule has 0 atom stereocenters. The smallest absolute Gasteiger partial charge is 0.0931 e. The highest BCUT2D eigenvalue weighted by Gasteiger charge is 2.26. The topological polar surface area (TPSA) is 18.5 Å². The Hall–Kier alpha value is -0.130. The number of rotatable bonds is 7. The highest BCUT2D eigenvalue weighted by Crippen LogP contribution is 2.29. The molecule has 3 rings (SSSR count). The standard InChI is InChI=1S/C15H24ClN3S/c16-15-4-3-14(20-15)11-17-5-6-18-7-9-19(10-8-18)12-13-1-2-13/h3-4,13,17H,1-2,5-12H2. The van der Waals surface area contributed by atoms with Gasteiger partial charge in [-0.05, 0) is 30.9 Å². The molecule has 0 aromatic carbocycles. The SMILES string of the molecule is Clc1ccc(CNCCN2CCN(CC3CC3)CC2)s1. The predicted octanol–water partition coefficient (Wildman–Crippen LogP) is 2.52. The molecule has 0 spiro atoms. The number of nitrogens with zero attached hydrogens (tertiary/aromatic N) is 2. The van der Waals surface area contributed by atoms with Crippen molar-refractivity contribution in [3.63, 3.8) is 0 Å². The van der Waals surface area contributed by atoms with Crippen molar-refractivity contribution in [2.75, 3.05) is 45.8 Å². The van der Waals surface area contributed by atoms with Crippen LogP contribution in [0.1, 0.15) is 17.7 Å². The van der Waals surface area contributed by atoms with Crippen LogP contribution in [0, 0.1) is 5.92 Å². The van der Waals surface area contributed by atoms with Crippen LogP contribution >= 0.6 is 22.9 Å². The molecule has 5 heteroatoms. The highest BCUT2D eigenvalue weighted by molar-refractivity contribution is 7.16. The summed E-state index contributed by atoms with van der Waals surface area (Å²) in [5.74, 6) is 1.03. The molecule has 2 fully saturated rings.